The molecule has 6 radical (unpaired) electrons. The first-order valence-electron chi connectivity index (χ1n) is 6.02. The third-order valence-electron chi connectivity index (χ3n) is 3.26. The van der Waals surface area contributed by atoms with Gasteiger partial charge < -0.3 is 13.6 Å². The van der Waals surface area contributed by atoms with Gasteiger partial charge in [-0.2, -0.15) is 0 Å². The van der Waals surface area contributed by atoms with E-state index in [2.05, 4.69) is 61.3 Å². The molecule has 0 heterocycles. The topological polar surface area (TPSA) is 27.7 Å². The van der Waals surface area contributed by atoms with Gasteiger partial charge in [-0.1, -0.05) is 34.6 Å². The van der Waals surface area contributed by atoms with E-state index in [1.54, 1.807) is 21.3 Å². The Morgan fingerprint density at radius 3 is 0.800 bits per heavy atom. The minimum absolute atomic E-state index is 0. The van der Waals surface area contributed by atoms with Crippen LogP contribution in [0.3, 0.4) is 0 Å². The van der Waals surface area contributed by atoms with Gasteiger partial charge in [0.1, 0.15) is 0 Å². The smallest absolute Gasteiger partial charge is 0.316 e. The first-order valence-corrected chi connectivity index (χ1v) is 7.12. The fourth-order valence-electron chi connectivity index (χ4n) is 1.63. The van der Waals surface area contributed by atoms with Crippen molar-refractivity contribution in [2.24, 2.45) is 0 Å². The Morgan fingerprint density at radius 2 is 0.750 bits per heavy atom. The summed E-state index contributed by atoms with van der Waals surface area (Å²) in [5.41, 5.74) is 0. The summed E-state index contributed by atoms with van der Waals surface area (Å²) in [5, 5.41) is 0. The minimum atomic E-state index is -1.05. The molecule has 0 saturated heterocycles. The van der Waals surface area contributed by atoms with Crippen molar-refractivity contribution in [3.63, 3.8) is 0 Å². The molecule has 1 saturated carbocycles. The van der Waals surface area contributed by atoms with E-state index in [1.807, 2.05) is 0 Å². The second-order valence-electron chi connectivity index (χ2n) is 3.90. The quantitative estimate of drug-likeness (QED) is 0.536. The van der Waals surface area contributed by atoms with Crippen LogP contribution in [0.1, 0.15) is 34.6 Å². The zero-order chi connectivity index (χ0) is 15.6. The van der Waals surface area contributed by atoms with E-state index in [0.717, 1.165) is 0 Å². The predicted octanol–water partition coefficient (Wildman–Crippen LogP) is 4.92. The molecule has 120 valence electrons. The van der Waals surface area contributed by atoms with Gasteiger partial charge in [-0.25, -0.2) is 0 Å². The average Bonchev–Trinajstić information content (AvgIpc) is 2.62. The summed E-state index contributed by atoms with van der Waals surface area (Å²) in [4.78, 5) is 0. The van der Waals surface area contributed by atoms with Gasteiger partial charge in [0.05, 0.1) is 0 Å². The molecular weight excluding hydrogens is 318 g/mol. The van der Waals surface area contributed by atoms with Crippen molar-refractivity contribution in [3.05, 3.63) is 42.7 Å². The summed E-state index contributed by atoms with van der Waals surface area (Å²) < 4.78 is 14.0. The van der Waals surface area contributed by atoms with Crippen LogP contribution >= 0.6 is 8.60 Å². The van der Waals surface area contributed by atoms with Crippen molar-refractivity contribution >= 4 is 8.60 Å². The molecular formula is C15H28CoO3P. The van der Waals surface area contributed by atoms with Crippen LogP contribution in [0.5, 0.6) is 0 Å². The summed E-state index contributed by atoms with van der Waals surface area (Å²) in [7, 11) is 3.57. The molecule has 0 atom stereocenters. The van der Waals surface area contributed by atoms with Crippen molar-refractivity contribution in [2.75, 3.05) is 21.3 Å². The van der Waals surface area contributed by atoms with E-state index in [-0.39, 0.29) is 16.8 Å². The molecule has 0 aromatic heterocycles. The van der Waals surface area contributed by atoms with Crippen LogP contribution in [0.2, 0.25) is 0 Å². The zero-order valence-corrected chi connectivity index (χ0v) is 15.9. The van der Waals surface area contributed by atoms with Gasteiger partial charge in [0.25, 0.3) is 0 Å². The number of hydrogen-bond acceptors (Lipinski definition) is 3. The molecule has 1 aliphatic rings. The minimum Gasteiger partial charge on any atom is -0.316 e. The Balaban J connectivity index is -0.000000258. The van der Waals surface area contributed by atoms with Crippen molar-refractivity contribution < 1.29 is 30.4 Å². The second kappa shape index (κ2) is 14.5. The van der Waals surface area contributed by atoms with E-state index >= 15 is 0 Å². The van der Waals surface area contributed by atoms with Crippen molar-refractivity contribution in [1.82, 2.24) is 0 Å². The number of rotatable bonds is 3. The molecule has 1 rings (SSSR count). The molecule has 20 heavy (non-hydrogen) atoms. The Labute approximate surface area is 138 Å². The van der Waals surface area contributed by atoms with Crippen molar-refractivity contribution in [1.29, 1.82) is 0 Å². The van der Waals surface area contributed by atoms with Crippen LogP contribution in [-0.4, -0.2) is 21.3 Å². The van der Waals surface area contributed by atoms with E-state index in [4.69, 9.17) is 0 Å². The molecule has 0 unspecified atom stereocenters. The van der Waals surface area contributed by atoms with Gasteiger partial charge in [-0.15, -0.1) is 13.2 Å². The van der Waals surface area contributed by atoms with E-state index in [0.29, 0.717) is 0 Å². The van der Waals surface area contributed by atoms with E-state index < -0.39 is 8.60 Å². The zero-order valence-electron chi connectivity index (χ0n) is 13.9. The fourth-order valence-corrected chi connectivity index (χ4v) is 2.08. The fraction of sp³-hybridized carbons (Fsp3) is 0.533. The standard InChI is InChI=1S/C10H15.C3H9O3P.C2H4.Co/c1-6-7(2)9(4)10(5)8(6)3;1-4-7(5-2)6-3;1-2;/h1-5H3;1-3H3;1-2H2;. The summed E-state index contributed by atoms with van der Waals surface area (Å²) in [6.07, 6.45) is 0. The average molecular weight is 346 g/mol. The second-order valence-corrected chi connectivity index (χ2v) is 5.44. The first kappa shape index (κ1) is 25.5. The monoisotopic (exact) mass is 346 g/mol. The molecule has 0 bridgehead atoms. The molecule has 0 amide bonds. The van der Waals surface area contributed by atoms with Crippen molar-refractivity contribution in [2.45, 2.75) is 34.6 Å². The number of hydrogen-bond donors (Lipinski definition) is 0. The molecule has 5 heteroatoms. The van der Waals surface area contributed by atoms with Crippen LogP contribution in [0.15, 0.2) is 13.2 Å². The largest absolute Gasteiger partial charge is 0.331 e. The van der Waals surface area contributed by atoms with Crippen LogP contribution < -0.4 is 0 Å². The summed E-state index contributed by atoms with van der Waals surface area (Å²) >= 11 is 0. The first-order chi connectivity index (χ1) is 8.90. The predicted molar refractivity (Wildman–Crippen MR) is 83.8 cm³/mol. The summed E-state index contributed by atoms with van der Waals surface area (Å²) in [6.45, 7) is 17.0. The van der Waals surface area contributed by atoms with Crippen LogP contribution in [0, 0.1) is 29.6 Å². The van der Waals surface area contributed by atoms with E-state index in [1.165, 1.54) is 29.6 Å². The van der Waals surface area contributed by atoms with Gasteiger partial charge in [0.15, 0.2) is 0 Å². The molecule has 3 nitrogen and oxygen atoms in total. The SMILES string of the molecule is C=C.COP(OC)OC.C[C]1[C](C)[C](C)[C](C)[C]1C.[Co]. The third-order valence-corrected chi connectivity index (χ3v) is 4.15. The normalized spacial score (nSPS) is 18.1. The molecule has 0 aliphatic heterocycles. The maximum absolute atomic E-state index is 4.67. The molecule has 1 fully saturated rings. The Kier molecular flexibility index (Phi) is 18.5. The molecule has 1 aliphatic carbocycles. The van der Waals surface area contributed by atoms with E-state index in [9.17, 15) is 0 Å². The third kappa shape index (κ3) is 8.11. The molecule has 0 aromatic rings. The maximum Gasteiger partial charge on any atom is 0.331 e. The van der Waals surface area contributed by atoms with Crippen molar-refractivity contribution in [3.8, 4) is 0 Å². The summed E-state index contributed by atoms with van der Waals surface area (Å²) in [6, 6.07) is 0. The molecule has 0 aromatic carbocycles. The maximum atomic E-state index is 4.67. The van der Waals surface area contributed by atoms with Gasteiger partial charge in [-0.05, 0) is 29.6 Å². The van der Waals surface area contributed by atoms with Crippen LogP contribution in [0.25, 0.3) is 0 Å². The Morgan fingerprint density at radius 1 is 0.600 bits per heavy atom. The Bertz CT molecular complexity index is 165. The van der Waals surface area contributed by atoms with Crippen LogP contribution in [-0.2, 0) is 30.4 Å². The van der Waals surface area contributed by atoms with Gasteiger partial charge in [-0.3, -0.25) is 0 Å². The van der Waals surface area contributed by atoms with Crippen LogP contribution in [0.4, 0.5) is 0 Å². The molecule has 0 spiro atoms. The van der Waals surface area contributed by atoms with Gasteiger partial charge >= 0.3 is 8.60 Å². The van der Waals surface area contributed by atoms with Gasteiger partial charge in [0, 0.05) is 38.1 Å². The Hall–Kier alpha value is 0.556. The molecule has 0 N–H and O–H groups in total. The van der Waals surface area contributed by atoms with Gasteiger partial charge in [0.2, 0.25) is 0 Å². The summed E-state index contributed by atoms with van der Waals surface area (Å²) in [5.74, 6) is 7.34.